The number of imidazole rings is 1. The van der Waals surface area contributed by atoms with Gasteiger partial charge in [-0.25, -0.2) is 4.98 Å². The maximum Gasteiger partial charge on any atom is 0.255 e. The van der Waals surface area contributed by atoms with Gasteiger partial charge in [-0.05, 0) is 24.1 Å². The second kappa shape index (κ2) is 6.95. The average Bonchev–Trinajstić information content (AvgIpc) is 3.29. The lowest BCUT2D eigenvalue weighted by molar-refractivity contribution is -0.136. The van der Waals surface area contributed by atoms with Gasteiger partial charge >= 0.3 is 0 Å². The molecule has 1 aromatic heterocycles. The van der Waals surface area contributed by atoms with Gasteiger partial charge in [0.05, 0.1) is 5.69 Å². The summed E-state index contributed by atoms with van der Waals surface area (Å²) in [6, 6.07) is 15.0. The van der Waals surface area contributed by atoms with Gasteiger partial charge in [0, 0.05) is 42.9 Å². The molecule has 3 aromatic rings. The summed E-state index contributed by atoms with van der Waals surface area (Å²) in [5.41, 5.74) is 4.25. The molecule has 0 saturated carbocycles. The second-order valence-corrected chi connectivity index (χ2v) is 7.70. The Labute approximate surface area is 173 Å². The molecule has 2 aromatic carbocycles. The van der Waals surface area contributed by atoms with Crippen molar-refractivity contribution in [3.63, 3.8) is 0 Å². The molecule has 3 heterocycles. The number of carbonyl (C=O) groups is 3. The van der Waals surface area contributed by atoms with Crippen molar-refractivity contribution in [1.29, 1.82) is 0 Å². The normalized spacial score (nSPS) is 18.5. The number of amides is 3. The topological polar surface area (TPSA) is 84.3 Å². The molecule has 1 fully saturated rings. The first-order chi connectivity index (χ1) is 14.5. The molecule has 1 saturated heterocycles. The Morgan fingerprint density at radius 1 is 1.03 bits per heavy atom. The van der Waals surface area contributed by atoms with E-state index in [0.717, 1.165) is 28.2 Å². The van der Waals surface area contributed by atoms with Gasteiger partial charge in [0.15, 0.2) is 0 Å². The zero-order chi connectivity index (χ0) is 20.8. The van der Waals surface area contributed by atoms with Crippen molar-refractivity contribution in [1.82, 2.24) is 19.8 Å². The minimum Gasteiger partial charge on any atom is -0.333 e. The maximum absolute atomic E-state index is 12.9. The average molecular weight is 400 g/mol. The van der Waals surface area contributed by atoms with Crippen molar-refractivity contribution in [2.75, 3.05) is 0 Å². The fourth-order valence-corrected chi connectivity index (χ4v) is 4.19. The molecule has 0 aliphatic carbocycles. The smallest absolute Gasteiger partial charge is 0.255 e. The molecule has 0 unspecified atom stereocenters. The fraction of sp³-hybridized carbons (Fsp3) is 0.217. The van der Waals surface area contributed by atoms with Crippen LogP contribution in [0.5, 0.6) is 0 Å². The van der Waals surface area contributed by atoms with Crippen molar-refractivity contribution < 1.29 is 14.4 Å². The van der Waals surface area contributed by atoms with Gasteiger partial charge in [-0.3, -0.25) is 19.7 Å². The quantitative estimate of drug-likeness (QED) is 0.685. The van der Waals surface area contributed by atoms with E-state index in [4.69, 9.17) is 4.98 Å². The van der Waals surface area contributed by atoms with E-state index in [9.17, 15) is 14.4 Å². The fourth-order valence-electron chi connectivity index (χ4n) is 4.19. The Hall–Kier alpha value is -3.74. The van der Waals surface area contributed by atoms with Crippen LogP contribution in [0.15, 0.2) is 54.7 Å². The molecule has 0 spiro atoms. The number of fused-ring (bicyclic) bond motifs is 1. The van der Waals surface area contributed by atoms with Crippen molar-refractivity contribution in [3.05, 3.63) is 65.9 Å². The lowest BCUT2D eigenvalue weighted by Crippen LogP contribution is -2.52. The highest BCUT2D eigenvalue weighted by atomic mass is 16.2. The summed E-state index contributed by atoms with van der Waals surface area (Å²) < 4.78 is 1.98. The van der Waals surface area contributed by atoms with E-state index in [1.807, 2.05) is 60.3 Å². The zero-order valence-electron chi connectivity index (χ0n) is 16.5. The third kappa shape index (κ3) is 2.99. The van der Waals surface area contributed by atoms with Gasteiger partial charge in [-0.1, -0.05) is 36.4 Å². The third-order valence-corrected chi connectivity index (χ3v) is 5.73. The largest absolute Gasteiger partial charge is 0.333 e. The first-order valence-electron chi connectivity index (χ1n) is 9.88. The number of benzene rings is 2. The Balaban J connectivity index is 1.44. The van der Waals surface area contributed by atoms with Gasteiger partial charge in [0.2, 0.25) is 11.8 Å². The van der Waals surface area contributed by atoms with Crippen LogP contribution in [0.1, 0.15) is 28.8 Å². The van der Waals surface area contributed by atoms with Gasteiger partial charge in [0.25, 0.3) is 5.91 Å². The number of hydrogen-bond acceptors (Lipinski definition) is 4. The van der Waals surface area contributed by atoms with E-state index in [2.05, 4.69) is 5.32 Å². The minimum atomic E-state index is -0.606. The van der Waals surface area contributed by atoms with E-state index >= 15 is 0 Å². The molecular formula is C23H20N4O3. The van der Waals surface area contributed by atoms with Crippen LogP contribution in [0.25, 0.3) is 22.6 Å². The summed E-state index contributed by atoms with van der Waals surface area (Å²) in [4.78, 5) is 42.8. The number of hydrogen-bond donors (Lipinski definition) is 1. The van der Waals surface area contributed by atoms with Crippen LogP contribution in [0.2, 0.25) is 0 Å². The number of imide groups is 1. The van der Waals surface area contributed by atoms with E-state index in [-0.39, 0.29) is 18.2 Å². The predicted octanol–water partition coefficient (Wildman–Crippen LogP) is 2.52. The Morgan fingerprint density at radius 3 is 2.60 bits per heavy atom. The number of nitrogens with zero attached hydrogens (tertiary/aromatic N) is 3. The van der Waals surface area contributed by atoms with E-state index < -0.39 is 11.9 Å². The third-order valence-electron chi connectivity index (χ3n) is 5.73. The van der Waals surface area contributed by atoms with Gasteiger partial charge in [-0.2, -0.15) is 0 Å². The molecule has 2 aliphatic heterocycles. The van der Waals surface area contributed by atoms with Crippen LogP contribution in [0.3, 0.4) is 0 Å². The predicted molar refractivity (Wildman–Crippen MR) is 110 cm³/mol. The number of carbonyl (C=O) groups excluding carboxylic acids is 3. The van der Waals surface area contributed by atoms with Gasteiger partial charge < -0.3 is 9.47 Å². The monoisotopic (exact) mass is 400 g/mol. The number of piperidine rings is 1. The maximum atomic E-state index is 12.9. The summed E-state index contributed by atoms with van der Waals surface area (Å²) >= 11 is 0. The highest BCUT2D eigenvalue weighted by molar-refractivity contribution is 6.05. The highest BCUT2D eigenvalue weighted by Gasteiger charge is 2.39. The first-order valence-corrected chi connectivity index (χ1v) is 9.88. The van der Waals surface area contributed by atoms with Crippen LogP contribution < -0.4 is 5.32 Å². The zero-order valence-corrected chi connectivity index (χ0v) is 16.5. The lowest BCUT2D eigenvalue weighted by atomic mass is 10.0. The molecule has 150 valence electrons. The molecule has 5 rings (SSSR count). The van der Waals surface area contributed by atoms with Crippen molar-refractivity contribution in [2.45, 2.75) is 25.4 Å². The van der Waals surface area contributed by atoms with Crippen molar-refractivity contribution in [2.24, 2.45) is 7.05 Å². The van der Waals surface area contributed by atoms with Crippen LogP contribution in [0.4, 0.5) is 0 Å². The van der Waals surface area contributed by atoms with Crippen molar-refractivity contribution >= 4 is 17.7 Å². The molecule has 30 heavy (non-hydrogen) atoms. The van der Waals surface area contributed by atoms with Crippen LogP contribution in [0, 0.1) is 0 Å². The molecule has 3 amide bonds. The molecule has 1 atom stereocenters. The number of aromatic nitrogens is 2. The number of aryl methyl sites for hydroxylation is 1. The Kier molecular flexibility index (Phi) is 4.24. The molecular weight excluding hydrogens is 380 g/mol. The highest BCUT2D eigenvalue weighted by Crippen LogP contribution is 2.31. The minimum absolute atomic E-state index is 0.169. The number of rotatable bonds is 3. The molecule has 1 N–H and O–H groups in total. The summed E-state index contributed by atoms with van der Waals surface area (Å²) in [6.07, 6.45) is 2.58. The first kappa shape index (κ1) is 18.3. The van der Waals surface area contributed by atoms with E-state index in [1.54, 1.807) is 11.0 Å². The lowest BCUT2D eigenvalue weighted by Gasteiger charge is -2.29. The van der Waals surface area contributed by atoms with Crippen molar-refractivity contribution in [3.8, 4) is 22.6 Å². The summed E-state index contributed by atoms with van der Waals surface area (Å²) in [5.74, 6) is 0.0151. The van der Waals surface area contributed by atoms with Gasteiger partial charge in [0.1, 0.15) is 11.9 Å². The Bertz CT molecular complexity index is 1180. The van der Waals surface area contributed by atoms with Crippen LogP contribution in [-0.2, 0) is 23.2 Å². The standard InChI is InChI=1S/C23H20N4O3/c1-26-13-18(24-21(26)14-5-3-2-4-6-14)15-7-8-17-16(11-15)12-27(23(17)30)19-9-10-20(28)25-22(19)29/h2-8,11,13,19H,9-10,12H2,1H3,(H,25,28,29)/t19-/m1/s1. The van der Waals surface area contributed by atoms with Gasteiger partial charge in [-0.15, -0.1) is 0 Å². The molecule has 7 heteroatoms. The van der Waals surface area contributed by atoms with Crippen LogP contribution in [-0.4, -0.2) is 38.2 Å². The number of nitrogens with one attached hydrogen (secondary N) is 1. The Morgan fingerprint density at radius 2 is 1.83 bits per heavy atom. The summed E-state index contributed by atoms with van der Waals surface area (Å²) in [6.45, 7) is 0.354. The van der Waals surface area contributed by atoms with E-state index in [1.165, 1.54) is 0 Å². The molecule has 0 bridgehead atoms. The second-order valence-electron chi connectivity index (χ2n) is 7.70. The molecule has 2 aliphatic rings. The van der Waals surface area contributed by atoms with Crippen LogP contribution >= 0.6 is 0 Å². The summed E-state index contributed by atoms with van der Waals surface area (Å²) in [5, 5.41) is 2.33. The molecule has 7 nitrogen and oxygen atoms in total. The summed E-state index contributed by atoms with van der Waals surface area (Å²) in [7, 11) is 1.96. The van der Waals surface area contributed by atoms with E-state index in [0.29, 0.717) is 18.5 Å². The SMILES string of the molecule is Cn1cc(-c2ccc3c(c2)CN([C@@H]2CCC(=O)NC2=O)C3=O)nc1-c1ccccc1. The molecule has 0 radical (unpaired) electrons.